The van der Waals surface area contributed by atoms with E-state index in [0.717, 1.165) is 19.3 Å². The average molecular weight is 335 g/mol. The molecule has 2 bridgehead atoms. The normalized spacial score (nSPS) is 31.0. The molecule has 4 rings (SSSR count). The van der Waals surface area contributed by atoms with Crippen molar-refractivity contribution in [1.29, 1.82) is 5.26 Å². The predicted molar refractivity (Wildman–Crippen MR) is 83.8 cm³/mol. The lowest BCUT2D eigenvalue weighted by molar-refractivity contribution is -0.120. The van der Waals surface area contributed by atoms with Crippen LogP contribution in [-0.4, -0.2) is 28.9 Å². The van der Waals surface area contributed by atoms with Crippen molar-refractivity contribution < 1.29 is 4.79 Å². The maximum Gasteiger partial charge on any atom is 0.257 e. The summed E-state index contributed by atoms with van der Waals surface area (Å²) in [5, 5.41) is 9.91. The van der Waals surface area contributed by atoms with E-state index in [1.165, 1.54) is 4.90 Å². The monoisotopic (exact) mass is 334 g/mol. The molecule has 2 aliphatic heterocycles. The van der Waals surface area contributed by atoms with Gasteiger partial charge in [0.15, 0.2) is 0 Å². The number of nitriles is 1. The fourth-order valence-electron chi connectivity index (χ4n) is 4.00. The van der Waals surface area contributed by atoms with Crippen molar-refractivity contribution in [3.63, 3.8) is 0 Å². The number of fused-ring (bicyclic) bond motifs is 5. The van der Waals surface area contributed by atoms with E-state index in [1.54, 1.807) is 18.2 Å². The van der Waals surface area contributed by atoms with E-state index in [-0.39, 0.29) is 11.9 Å². The van der Waals surface area contributed by atoms with Gasteiger partial charge < -0.3 is 4.90 Å². The largest absolute Gasteiger partial charge is 0.326 e. The van der Waals surface area contributed by atoms with Crippen molar-refractivity contribution in [3.8, 4) is 6.19 Å². The standard InChI is InChI=1S/C15H12Cl2N4O/c16-9-4-10(17)6-12(5-9)21-14(22)13-8-1-2-11(3-8)20(13)15(21)19-7-18/h4-6,8,11,13H,1-3H2/b19-15-/t8?,11?,13-/m0/s1. The molecule has 2 heterocycles. The Bertz CT molecular complexity index is 721. The molecule has 2 saturated heterocycles. The molecule has 1 aliphatic carbocycles. The molecule has 3 fully saturated rings. The smallest absolute Gasteiger partial charge is 0.257 e. The van der Waals surface area contributed by atoms with Crippen molar-refractivity contribution in [2.75, 3.05) is 4.90 Å². The number of carbonyl (C=O) groups is 1. The average Bonchev–Trinajstić information content (AvgIpc) is 3.11. The molecule has 7 heteroatoms. The summed E-state index contributed by atoms with van der Waals surface area (Å²) in [6.07, 6.45) is 4.92. The van der Waals surface area contributed by atoms with Crippen LogP contribution in [0.3, 0.4) is 0 Å². The molecular formula is C15H12Cl2N4O. The summed E-state index contributed by atoms with van der Waals surface area (Å²) < 4.78 is 0. The van der Waals surface area contributed by atoms with Gasteiger partial charge >= 0.3 is 0 Å². The third kappa shape index (κ3) is 1.84. The molecule has 2 unspecified atom stereocenters. The zero-order chi connectivity index (χ0) is 15.4. The van der Waals surface area contributed by atoms with Gasteiger partial charge in [-0.05, 0) is 43.4 Å². The van der Waals surface area contributed by atoms with Gasteiger partial charge in [-0.1, -0.05) is 23.2 Å². The van der Waals surface area contributed by atoms with E-state index >= 15 is 0 Å². The Kier molecular flexibility index (Phi) is 3.07. The number of amides is 1. The van der Waals surface area contributed by atoms with Gasteiger partial charge in [-0.2, -0.15) is 5.26 Å². The van der Waals surface area contributed by atoms with Crippen molar-refractivity contribution in [2.24, 2.45) is 10.9 Å². The Morgan fingerprint density at radius 3 is 2.64 bits per heavy atom. The molecule has 0 radical (unpaired) electrons. The first-order valence-corrected chi connectivity index (χ1v) is 7.91. The number of guanidine groups is 1. The maximum absolute atomic E-state index is 12.9. The molecule has 1 saturated carbocycles. The number of hydrogen-bond acceptors (Lipinski definition) is 3. The molecule has 0 aromatic heterocycles. The Morgan fingerprint density at radius 1 is 1.23 bits per heavy atom. The number of carbonyl (C=O) groups excluding carboxylic acids is 1. The summed E-state index contributed by atoms with van der Waals surface area (Å²) in [6, 6.07) is 5.04. The van der Waals surface area contributed by atoms with E-state index in [9.17, 15) is 4.79 Å². The Labute approximate surface area is 137 Å². The second-order valence-corrected chi connectivity index (χ2v) is 6.77. The van der Waals surface area contributed by atoms with Crippen LogP contribution >= 0.6 is 23.2 Å². The summed E-state index contributed by atoms with van der Waals surface area (Å²) in [5.74, 6) is 0.712. The van der Waals surface area contributed by atoms with Crippen molar-refractivity contribution >= 4 is 40.8 Å². The minimum atomic E-state index is -0.205. The molecule has 3 aliphatic rings. The Balaban J connectivity index is 1.83. The lowest BCUT2D eigenvalue weighted by Crippen LogP contribution is -2.41. The van der Waals surface area contributed by atoms with Gasteiger partial charge in [0, 0.05) is 16.1 Å². The summed E-state index contributed by atoms with van der Waals surface area (Å²) in [7, 11) is 0. The second kappa shape index (κ2) is 4.87. The van der Waals surface area contributed by atoms with Gasteiger partial charge in [-0.3, -0.25) is 4.79 Å². The molecule has 0 spiro atoms. The van der Waals surface area contributed by atoms with Gasteiger partial charge in [0.25, 0.3) is 5.91 Å². The third-order valence-corrected chi connectivity index (χ3v) is 5.18. The molecule has 22 heavy (non-hydrogen) atoms. The highest BCUT2D eigenvalue weighted by Gasteiger charge is 2.58. The highest BCUT2D eigenvalue weighted by molar-refractivity contribution is 6.35. The number of piperidine rings is 1. The van der Waals surface area contributed by atoms with Crippen LogP contribution in [0.2, 0.25) is 10.0 Å². The summed E-state index contributed by atoms with van der Waals surface area (Å²) in [6.45, 7) is 0. The van der Waals surface area contributed by atoms with Crippen LogP contribution in [0.25, 0.3) is 0 Å². The number of benzene rings is 1. The van der Waals surface area contributed by atoms with Crippen LogP contribution in [0.5, 0.6) is 0 Å². The van der Waals surface area contributed by atoms with Gasteiger partial charge in [0.1, 0.15) is 6.04 Å². The lowest BCUT2D eigenvalue weighted by atomic mass is 9.99. The highest BCUT2D eigenvalue weighted by Crippen LogP contribution is 2.47. The molecule has 112 valence electrons. The number of nitrogens with zero attached hydrogens (tertiary/aromatic N) is 4. The van der Waals surface area contributed by atoms with Crippen LogP contribution in [-0.2, 0) is 4.79 Å². The van der Waals surface area contributed by atoms with E-state index in [1.807, 2.05) is 11.1 Å². The third-order valence-electron chi connectivity index (χ3n) is 4.74. The maximum atomic E-state index is 12.9. The van der Waals surface area contributed by atoms with E-state index in [0.29, 0.717) is 33.7 Å². The zero-order valence-corrected chi connectivity index (χ0v) is 13.1. The van der Waals surface area contributed by atoms with Crippen LogP contribution < -0.4 is 4.90 Å². The molecule has 0 N–H and O–H groups in total. The second-order valence-electron chi connectivity index (χ2n) is 5.89. The molecule has 5 nitrogen and oxygen atoms in total. The summed E-state index contributed by atoms with van der Waals surface area (Å²) in [4.78, 5) is 20.3. The molecule has 1 aromatic carbocycles. The minimum Gasteiger partial charge on any atom is -0.326 e. The highest BCUT2D eigenvalue weighted by atomic mass is 35.5. The first-order chi connectivity index (χ1) is 10.6. The van der Waals surface area contributed by atoms with Gasteiger partial charge in [-0.25, -0.2) is 4.90 Å². The van der Waals surface area contributed by atoms with Crippen molar-refractivity contribution in [3.05, 3.63) is 28.2 Å². The van der Waals surface area contributed by atoms with Crippen LogP contribution in [0.15, 0.2) is 23.2 Å². The van der Waals surface area contributed by atoms with Gasteiger partial charge in [-0.15, -0.1) is 4.99 Å². The quantitative estimate of drug-likeness (QED) is 0.741. The predicted octanol–water partition coefficient (Wildman–Crippen LogP) is 3.03. The first-order valence-electron chi connectivity index (χ1n) is 7.15. The van der Waals surface area contributed by atoms with Crippen LogP contribution in [0.1, 0.15) is 19.3 Å². The number of aliphatic imine (C=N–C) groups is 1. The number of anilines is 1. The fourth-order valence-corrected chi connectivity index (χ4v) is 4.52. The molecule has 3 atom stereocenters. The first kappa shape index (κ1) is 13.9. The summed E-state index contributed by atoms with van der Waals surface area (Å²) >= 11 is 12.1. The topological polar surface area (TPSA) is 59.7 Å². The van der Waals surface area contributed by atoms with E-state index < -0.39 is 0 Å². The zero-order valence-electron chi connectivity index (χ0n) is 11.5. The minimum absolute atomic E-state index is 0.0421. The fraction of sp³-hybridized carbons (Fsp3) is 0.400. The van der Waals surface area contributed by atoms with Gasteiger partial charge in [0.05, 0.1) is 5.69 Å². The SMILES string of the molecule is N#C/N=C1\N(c2cc(Cl)cc(Cl)c2)C(=O)[C@@H]2C3CCC(C3)N12. The van der Waals surface area contributed by atoms with Crippen LogP contribution in [0.4, 0.5) is 5.69 Å². The number of hydrogen-bond donors (Lipinski definition) is 0. The van der Waals surface area contributed by atoms with Crippen molar-refractivity contribution in [2.45, 2.75) is 31.3 Å². The number of rotatable bonds is 1. The van der Waals surface area contributed by atoms with E-state index in [4.69, 9.17) is 28.5 Å². The lowest BCUT2D eigenvalue weighted by Gasteiger charge is -2.28. The Morgan fingerprint density at radius 2 is 1.95 bits per heavy atom. The van der Waals surface area contributed by atoms with Gasteiger partial charge in [0.2, 0.25) is 12.2 Å². The van der Waals surface area contributed by atoms with Crippen molar-refractivity contribution in [1.82, 2.24) is 4.90 Å². The molecule has 1 aromatic rings. The van der Waals surface area contributed by atoms with E-state index in [2.05, 4.69) is 4.99 Å². The molecule has 1 amide bonds. The Hall–Kier alpha value is -1.77. The van der Waals surface area contributed by atoms with Crippen LogP contribution in [0, 0.1) is 17.4 Å². The number of halogens is 2. The molecular weight excluding hydrogens is 323 g/mol. The summed E-state index contributed by atoms with van der Waals surface area (Å²) in [5.41, 5.74) is 0.560.